The van der Waals surface area contributed by atoms with Gasteiger partial charge in [-0.3, -0.25) is 4.79 Å². The molecule has 128 valence electrons. The molecule has 6 nitrogen and oxygen atoms in total. The van der Waals surface area contributed by atoms with Crippen LogP contribution in [-0.2, 0) is 14.8 Å². The fourth-order valence-corrected chi connectivity index (χ4v) is 4.36. The first-order valence-corrected chi connectivity index (χ1v) is 9.09. The lowest BCUT2D eigenvalue weighted by Gasteiger charge is -2.25. The van der Waals surface area contributed by atoms with Gasteiger partial charge in [-0.05, 0) is 23.6 Å². The Labute approximate surface area is 137 Å². The van der Waals surface area contributed by atoms with Gasteiger partial charge in [-0.25, -0.2) is 8.42 Å². The number of β-amino-alcohol motifs (C(OH)–C–C–N with tert-alkyl or cyclic N) is 1. The van der Waals surface area contributed by atoms with Crippen molar-refractivity contribution in [2.75, 3.05) is 20.6 Å². The molecule has 2 atom stereocenters. The second kappa shape index (κ2) is 6.59. The number of carbonyl (C=O) groups excluding carboxylic acids is 1. The van der Waals surface area contributed by atoms with Crippen LogP contribution in [0.1, 0.15) is 31.7 Å². The van der Waals surface area contributed by atoms with Crippen LogP contribution in [0, 0.1) is 0 Å². The zero-order chi connectivity index (χ0) is 17.4. The predicted octanol–water partition coefficient (Wildman–Crippen LogP) is 1.02. The number of benzene rings is 1. The number of sulfonamides is 1. The molecule has 1 saturated heterocycles. The number of aliphatic hydroxyl groups is 1. The second-order valence-electron chi connectivity index (χ2n) is 6.44. The van der Waals surface area contributed by atoms with E-state index >= 15 is 0 Å². The molecule has 2 rings (SSSR count). The topological polar surface area (TPSA) is 77.9 Å². The fraction of sp³-hybridized carbons (Fsp3) is 0.562. The summed E-state index contributed by atoms with van der Waals surface area (Å²) in [7, 11) is -0.659. The number of nitrogens with zero attached hydrogens (tertiary/aromatic N) is 2. The lowest BCUT2D eigenvalue weighted by atomic mass is 10.0. The molecule has 1 N–H and O–H groups in total. The smallest absolute Gasteiger partial charge is 0.243 e. The molecule has 0 spiro atoms. The molecular weight excluding hydrogens is 316 g/mol. The number of rotatable bonds is 4. The second-order valence-corrected chi connectivity index (χ2v) is 8.33. The first kappa shape index (κ1) is 17.9. The highest BCUT2D eigenvalue weighted by molar-refractivity contribution is 7.89. The standard InChI is InChI=1S/C16H24N2O4S/c1-11(2)12-5-7-14(8-6-12)23(21,22)18-10-13(19)9-15(18)16(20)17(3)4/h5-8,11,13,15,19H,9-10H2,1-4H3/t13-,15-/m0/s1. The Morgan fingerprint density at radius 3 is 2.30 bits per heavy atom. The van der Waals surface area contributed by atoms with Crippen molar-refractivity contribution < 1.29 is 18.3 Å². The van der Waals surface area contributed by atoms with Gasteiger partial charge in [0.25, 0.3) is 0 Å². The molecule has 0 aliphatic carbocycles. The summed E-state index contributed by atoms with van der Waals surface area (Å²) in [6.45, 7) is 4.01. The van der Waals surface area contributed by atoms with Crippen LogP contribution in [0.25, 0.3) is 0 Å². The highest BCUT2D eigenvalue weighted by atomic mass is 32.2. The van der Waals surface area contributed by atoms with Crippen molar-refractivity contribution in [3.63, 3.8) is 0 Å². The van der Waals surface area contributed by atoms with Gasteiger partial charge in [0.15, 0.2) is 0 Å². The summed E-state index contributed by atoms with van der Waals surface area (Å²) in [5.41, 5.74) is 1.05. The Balaban J connectivity index is 2.35. The maximum atomic E-state index is 12.8. The number of hydrogen-bond acceptors (Lipinski definition) is 4. The minimum atomic E-state index is -3.82. The van der Waals surface area contributed by atoms with Crippen molar-refractivity contribution in [1.29, 1.82) is 0 Å². The Bertz CT molecular complexity index is 668. The van der Waals surface area contributed by atoms with E-state index in [0.29, 0.717) is 5.92 Å². The van der Waals surface area contributed by atoms with Gasteiger partial charge in [0.2, 0.25) is 15.9 Å². The normalized spacial score (nSPS) is 22.5. The van der Waals surface area contributed by atoms with E-state index in [1.165, 1.54) is 4.90 Å². The Kier molecular flexibility index (Phi) is 5.13. The van der Waals surface area contributed by atoms with Crippen LogP contribution >= 0.6 is 0 Å². The molecule has 1 heterocycles. The van der Waals surface area contributed by atoms with Gasteiger partial charge in [-0.1, -0.05) is 26.0 Å². The molecule has 1 fully saturated rings. The zero-order valence-corrected chi connectivity index (χ0v) is 14.7. The average Bonchev–Trinajstić information content (AvgIpc) is 2.89. The van der Waals surface area contributed by atoms with Crippen molar-refractivity contribution >= 4 is 15.9 Å². The molecule has 0 bridgehead atoms. The Morgan fingerprint density at radius 1 is 1.26 bits per heavy atom. The van der Waals surface area contributed by atoms with Crippen molar-refractivity contribution in [2.45, 2.75) is 43.2 Å². The molecule has 0 radical (unpaired) electrons. The number of carbonyl (C=O) groups is 1. The maximum absolute atomic E-state index is 12.8. The Morgan fingerprint density at radius 2 is 1.83 bits per heavy atom. The fourth-order valence-electron chi connectivity index (χ4n) is 2.73. The summed E-state index contributed by atoms with van der Waals surface area (Å²) in [6, 6.07) is 5.84. The van der Waals surface area contributed by atoms with Gasteiger partial charge in [0.1, 0.15) is 6.04 Å². The van der Waals surface area contributed by atoms with E-state index < -0.39 is 22.2 Å². The highest BCUT2D eigenvalue weighted by Gasteiger charge is 2.43. The van der Waals surface area contributed by atoms with Crippen molar-refractivity contribution in [2.24, 2.45) is 0 Å². The summed E-state index contributed by atoms with van der Waals surface area (Å²) in [6.07, 6.45) is -0.700. The first-order chi connectivity index (χ1) is 10.6. The van der Waals surface area contributed by atoms with Gasteiger partial charge >= 0.3 is 0 Å². The molecule has 1 aromatic carbocycles. The van der Waals surface area contributed by atoms with Crippen LogP contribution in [-0.4, -0.2) is 61.4 Å². The molecule has 1 aliphatic heterocycles. The third-order valence-corrected chi connectivity index (χ3v) is 6.00. The van der Waals surface area contributed by atoms with Crippen LogP contribution in [0.2, 0.25) is 0 Å². The van der Waals surface area contributed by atoms with Gasteiger partial charge in [-0.2, -0.15) is 4.31 Å². The summed E-state index contributed by atoms with van der Waals surface area (Å²) in [4.78, 5) is 13.7. The zero-order valence-electron chi connectivity index (χ0n) is 13.9. The molecular formula is C16H24N2O4S. The predicted molar refractivity (Wildman–Crippen MR) is 87.5 cm³/mol. The molecule has 7 heteroatoms. The Hall–Kier alpha value is -1.44. The van der Waals surface area contributed by atoms with Gasteiger partial charge in [0, 0.05) is 27.1 Å². The van der Waals surface area contributed by atoms with Gasteiger partial charge in [0.05, 0.1) is 11.0 Å². The van der Waals surface area contributed by atoms with Crippen molar-refractivity contribution in [3.8, 4) is 0 Å². The molecule has 0 unspecified atom stereocenters. The van der Waals surface area contributed by atoms with Crippen LogP contribution in [0.5, 0.6) is 0 Å². The monoisotopic (exact) mass is 340 g/mol. The third kappa shape index (κ3) is 3.57. The van der Waals surface area contributed by atoms with Crippen molar-refractivity contribution in [3.05, 3.63) is 29.8 Å². The molecule has 1 aromatic rings. The minimum Gasteiger partial charge on any atom is -0.392 e. The molecule has 0 aromatic heterocycles. The third-order valence-electron chi connectivity index (χ3n) is 4.11. The average molecular weight is 340 g/mol. The largest absolute Gasteiger partial charge is 0.392 e. The van der Waals surface area contributed by atoms with Gasteiger partial charge in [-0.15, -0.1) is 0 Å². The maximum Gasteiger partial charge on any atom is 0.243 e. The summed E-state index contributed by atoms with van der Waals surface area (Å²) < 4.78 is 26.8. The van der Waals surface area contributed by atoms with Crippen molar-refractivity contribution in [1.82, 2.24) is 9.21 Å². The van der Waals surface area contributed by atoms with E-state index in [9.17, 15) is 18.3 Å². The summed E-state index contributed by atoms with van der Waals surface area (Å²) >= 11 is 0. The quantitative estimate of drug-likeness (QED) is 0.888. The lowest BCUT2D eigenvalue weighted by Crippen LogP contribution is -2.45. The molecule has 0 saturated carbocycles. The lowest BCUT2D eigenvalue weighted by molar-refractivity contribution is -0.132. The number of likely N-dealkylation sites (N-methyl/N-ethyl adjacent to an activating group) is 1. The summed E-state index contributed by atoms with van der Waals surface area (Å²) in [5.74, 6) is -0.00708. The SMILES string of the molecule is CC(C)c1ccc(S(=O)(=O)N2C[C@@H](O)C[C@H]2C(=O)N(C)C)cc1. The number of aliphatic hydroxyl groups excluding tert-OH is 1. The van der Waals surface area contributed by atoms with E-state index in [4.69, 9.17) is 0 Å². The number of amides is 1. The van der Waals surface area contributed by atoms with Crippen LogP contribution in [0.4, 0.5) is 0 Å². The summed E-state index contributed by atoms with van der Waals surface area (Å²) in [5, 5.41) is 9.85. The van der Waals surface area contributed by atoms with E-state index in [1.54, 1.807) is 38.4 Å². The molecule has 1 aliphatic rings. The molecule has 1 amide bonds. The van der Waals surface area contributed by atoms with Crippen LogP contribution in [0.15, 0.2) is 29.2 Å². The molecule has 23 heavy (non-hydrogen) atoms. The highest BCUT2D eigenvalue weighted by Crippen LogP contribution is 2.28. The van der Waals surface area contributed by atoms with Crippen LogP contribution in [0.3, 0.4) is 0 Å². The van der Waals surface area contributed by atoms with E-state index in [0.717, 1.165) is 9.87 Å². The van der Waals surface area contributed by atoms with E-state index in [2.05, 4.69) is 0 Å². The van der Waals surface area contributed by atoms with E-state index in [-0.39, 0.29) is 23.8 Å². The van der Waals surface area contributed by atoms with Crippen LogP contribution < -0.4 is 0 Å². The minimum absolute atomic E-state index is 0.0570. The van der Waals surface area contributed by atoms with Gasteiger partial charge < -0.3 is 10.0 Å². The first-order valence-electron chi connectivity index (χ1n) is 7.65. The van der Waals surface area contributed by atoms with E-state index in [1.807, 2.05) is 13.8 Å². The number of hydrogen-bond donors (Lipinski definition) is 1.